The molecular weight excluding hydrogens is 162 g/mol. The van der Waals surface area contributed by atoms with Crippen molar-refractivity contribution in [1.29, 1.82) is 0 Å². The second-order valence-electron chi connectivity index (χ2n) is 2.39. The van der Waals surface area contributed by atoms with Crippen LogP contribution in [-0.2, 0) is 0 Å². The molecule has 2 aromatic heterocycles. The maximum atomic E-state index is 4.09. The van der Waals surface area contributed by atoms with E-state index in [-0.39, 0.29) is 0 Å². The maximum Gasteiger partial charge on any atom is 0.162 e. The van der Waals surface area contributed by atoms with Crippen molar-refractivity contribution in [3.63, 3.8) is 0 Å². The third-order valence-corrected chi connectivity index (χ3v) is 1.64. The molecule has 0 atom stereocenters. The second kappa shape index (κ2) is 4.50. The number of rotatable bonds is 0. The van der Waals surface area contributed by atoms with E-state index in [9.17, 15) is 0 Å². The number of hydrogen-bond donors (Lipinski definition) is 0. The predicted molar refractivity (Wildman–Crippen MR) is 53.4 cm³/mol. The van der Waals surface area contributed by atoms with Crippen LogP contribution in [0.3, 0.4) is 0 Å². The number of aryl methyl sites for hydroxylation is 1. The molecule has 2 heterocycles. The summed E-state index contributed by atoms with van der Waals surface area (Å²) in [6.45, 7) is 6.02. The molecule has 3 nitrogen and oxygen atoms in total. The van der Waals surface area contributed by atoms with Crippen LogP contribution in [0.15, 0.2) is 24.8 Å². The molecule has 0 unspecified atom stereocenters. The summed E-state index contributed by atoms with van der Waals surface area (Å²) in [4.78, 5) is 12.0. The molecule has 0 saturated carbocycles. The van der Waals surface area contributed by atoms with Crippen molar-refractivity contribution in [2.45, 2.75) is 20.8 Å². The Labute approximate surface area is 77.9 Å². The predicted octanol–water partition coefficient (Wildman–Crippen LogP) is 2.36. The van der Waals surface area contributed by atoms with E-state index in [4.69, 9.17) is 0 Å². The van der Waals surface area contributed by atoms with Gasteiger partial charge in [0.2, 0.25) is 0 Å². The summed E-state index contributed by atoms with van der Waals surface area (Å²) in [6, 6.07) is 1.95. The lowest BCUT2D eigenvalue weighted by Gasteiger charge is -1.96. The Hall–Kier alpha value is -1.51. The highest BCUT2D eigenvalue weighted by Gasteiger charge is 1.95. The van der Waals surface area contributed by atoms with Gasteiger partial charge in [0.15, 0.2) is 5.65 Å². The molecular formula is C10H13N3. The lowest BCUT2D eigenvalue weighted by Crippen LogP contribution is -1.86. The van der Waals surface area contributed by atoms with Gasteiger partial charge >= 0.3 is 0 Å². The van der Waals surface area contributed by atoms with Crippen molar-refractivity contribution in [3.8, 4) is 0 Å². The van der Waals surface area contributed by atoms with E-state index in [1.807, 2.05) is 26.8 Å². The van der Waals surface area contributed by atoms with Crippen LogP contribution in [0, 0.1) is 6.92 Å². The Morgan fingerprint density at radius 3 is 2.62 bits per heavy atom. The lowest BCUT2D eigenvalue weighted by molar-refractivity contribution is 1.17. The van der Waals surface area contributed by atoms with E-state index in [0.717, 1.165) is 16.6 Å². The Bertz CT molecular complexity index is 379. The standard InChI is InChI=1S/C8H7N3.C2H6/c1-6-2-3-10-8-7(6)4-9-5-11-8;1-2/h2-5H,1H3;1-2H3. The zero-order chi connectivity index (χ0) is 9.68. The van der Waals surface area contributed by atoms with Crippen molar-refractivity contribution in [2.75, 3.05) is 0 Å². The van der Waals surface area contributed by atoms with E-state index in [1.54, 1.807) is 12.4 Å². The topological polar surface area (TPSA) is 38.7 Å². The van der Waals surface area contributed by atoms with Gasteiger partial charge in [-0.05, 0) is 18.6 Å². The zero-order valence-electron chi connectivity index (χ0n) is 8.15. The van der Waals surface area contributed by atoms with Gasteiger partial charge in [0.05, 0.1) is 0 Å². The molecule has 0 N–H and O–H groups in total. The smallest absolute Gasteiger partial charge is 0.162 e. The van der Waals surface area contributed by atoms with Gasteiger partial charge in [-0.15, -0.1) is 0 Å². The molecule has 0 aliphatic rings. The first-order valence-electron chi connectivity index (χ1n) is 4.39. The number of hydrogen-bond acceptors (Lipinski definition) is 3. The molecule has 0 radical (unpaired) electrons. The largest absolute Gasteiger partial charge is 0.244 e. The van der Waals surface area contributed by atoms with E-state index < -0.39 is 0 Å². The van der Waals surface area contributed by atoms with Crippen molar-refractivity contribution in [3.05, 3.63) is 30.4 Å². The van der Waals surface area contributed by atoms with Gasteiger partial charge in [-0.25, -0.2) is 15.0 Å². The maximum absolute atomic E-state index is 4.09. The lowest BCUT2D eigenvalue weighted by atomic mass is 10.2. The Morgan fingerprint density at radius 1 is 1.15 bits per heavy atom. The summed E-state index contributed by atoms with van der Waals surface area (Å²) in [7, 11) is 0. The SMILES string of the molecule is CC.Cc1ccnc2ncncc12. The molecule has 2 aromatic rings. The fraction of sp³-hybridized carbons (Fsp3) is 0.300. The number of nitrogens with zero attached hydrogens (tertiary/aromatic N) is 3. The van der Waals surface area contributed by atoms with Crippen LogP contribution in [0.1, 0.15) is 19.4 Å². The molecule has 0 fully saturated rings. The zero-order valence-corrected chi connectivity index (χ0v) is 8.15. The molecule has 3 heteroatoms. The summed E-state index contributed by atoms with van der Waals surface area (Å²) >= 11 is 0. The van der Waals surface area contributed by atoms with Crippen LogP contribution in [0.5, 0.6) is 0 Å². The van der Waals surface area contributed by atoms with Crippen LogP contribution in [-0.4, -0.2) is 15.0 Å². The minimum absolute atomic E-state index is 0.764. The van der Waals surface area contributed by atoms with Gasteiger partial charge < -0.3 is 0 Å². The average molecular weight is 175 g/mol. The first-order chi connectivity index (χ1) is 6.38. The molecule has 13 heavy (non-hydrogen) atoms. The van der Waals surface area contributed by atoms with Crippen molar-refractivity contribution >= 4 is 11.0 Å². The monoisotopic (exact) mass is 175 g/mol. The van der Waals surface area contributed by atoms with Crippen LogP contribution >= 0.6 is 0 Å². The normalized spacial score (nSPS) is 9.15. The average Bonchev–Trinajstić information content (AvgIpc) is 2.22. The Kier molecular flexibility index (Phi) is 3.31. The van der Waals surface area contributed by atoms with Crippen LogP contribution < -0.4 is 0 Å². The van der Waals surface area contributed by atoms with Crippen LogP contribution in [0.25, 0.3) is 11.0 Å². The van der Waals surface area contributed by atoms with Crippen molar-refractivity contribution in [2.24, 2.45) is 0 Å². The first-order valence-corrected chi connectivity index (χ1v) is 4.39. The molecule has 0 amide bonds. The molecule has 0 bridgehead atoms. The minimum Gasteiger partial charge on any atom is -0.244 e. The fourth-order valence-corrected chi connectivity index (χ4v) is 1.01. The van der Waals surface area contributed by atoms with Gasteiger partial charge in [-0.1, -0.05) is 13.8 Å². The summed E-state index contributed by atoms with van der Waals surface area (Å²) in [5.74, 6) is 0. The molecule has 0 saturated heterocycles. The molecule has 0 aliphatic carbocycles. The quantitative estimate of drug-likeness (QED) is 0.617. The third-order valence-electron chi connectivity index (χ3n) is 1.64. The summed E-state index contributed by atoms with van der Waals surface area (Å²) in [5.41, 5.74) is 1.93. The summed E-state index contributed by atoms with van der Waals surface area (Å²) in [6.07, 6.45) is 5.05. The van der Waals surface area contributed by atoms with E-state index in [1.165, 1.54) is 6.33 Å². The van der Waals surface area contributed by atoms with Gasteiger partial charge in [0.25, 0.3) is 0 Å². The Balaban J connectivity index is 0.000000396. The molecule has 0 aromatic carbocycles. The van der Waals surface area contributed by atoms with E-state index >= 15 is 0 Å². The van der Waals surface area contributed by atoms with Gasteiger partial charge in [0, 0.05) is 17.8 Å². The third kappa shape index (κ3) is 1.99. The van der Waals surface area contributed by atoms with Gasteiger partial charge in [-0.2, -0.15) is 0 Å². The van der Waals surface area contributed by atoms with E-state index in [0.29, 0.717) is 0 Å². The van der Waals surface area contributed by atoms with Crippen LogP contribution in [0.4, 0.5) is 0 Å². The first kappa shape index (κ1) is 9.58. The molecule has 68 valence electrons. The van der Waals surface area contributed by atoms with E-state index in [2.05, 4.69) is 15.0 Å². The highest BCUT2D eigenvalue weighted by atomic mass is 14.9. The number of aromatic nitrogens is 3. The number of fused-ring (bicyclic) bond motifs is 1. The highest BCUT2D eigenvalue weighted by molar-refractivity contribution is 5.76. The molecule has 2 rings (SSSR count). The second-order valence-corrected chi connectivity index (χ2v) is 2.39. The van der Waals surface area contributed by atoms with Crippen molar-refractivity contribution < 1.29 is 0 Å². The minimum atomic E-state index is 0.764. The van der Waals surface area contributed by atoms with Gasteiger partial charge in [-0.3, -0.25) is 0 Å². The van der Waals surface area contributed by atoms with Crippen molar-refractivity contribution in [1.82, 2.24) is 15.0 Å². The Morgan fingerprint density at radius 2 is 1.92 bits per heavy atom. The van der Waals surface area contributed by atoms with Crippen LogP contribution in [0.2, 0.25) is 0 Å². The number of pyridine rings is 1. The summed E-state index contributed by atoms with van der Waals surface area (Å²) < 4.78 is 0. The highest BCUT2D eigenvalue weighted by Crippen LogP contribution is 2.10. The molecule has 0 spiro atoms. The fourth-order valence-electron chi connectivity index (χ4n) is 1.01. The summed E-state index contributed by atoms with van der Waals surface area (Å²) in [5, 5.41) is 1.02. The molecule has 0 aliphatic heterocycles. The van der Waals surface area contributed by atoms with Gasteiger partial charge in [0.1, 0.15) is 6.33 Å².